The van der Waals surface area contributed by atoms with Crippen molar-refractivity contribution in [2.24, 2.45) is 5.92 Å². The quantitative estimate of drug-likeness (QED) is 0.816. The van der Waals surface area contributed by atoms with E-state index in [1.807, 2.05) is 18.7 Å². The van der Waals surface area contributed by atoms with Crippen LogP contribution in [-0.2, 0) is 4.74 Å². The van der Waals surface area contributed by atoms with Crippen molar-refractivity contribution in [2.75, 3.05) is 57.9 Å². The van der Waals surface area contributed by atoms with Crippen LogP contribution in [0.5, 0.6) is 0 Å². The molecule has 2 aliphatic rings. The Labute approximate surface area is 137 Å². The van der Waals surface area contributed by atoms with Gasteiger partial charge < -0.3 is 15.0 Å². The molecule has 0 saturated carbocycles. The van der Waals surface area contributed by atoms with Gasteiger partial charge in [0.1, 0.15) is 0 Å². The molecule has 0 aliphatic carbocycles. The molecule has 2 saturated heterocycles. The summed E-state index contributed by atoms with van der Waals surface area (Å²) in [6.07, 6.45) is 1.11. The Balaban J connectivity index is 1.89. The number of thioether (sulfide) groups is 1. The smallest absolute Gasteiger partial charge is 0.317 e. The van der Waals surface area contributed by atoms with Crippen LogP contribution in [0.3, 0.4) is 0 Å². The molecule has 0 bridgehead atoms. The largest absolute Gasteiger partial charge is 0.379 e. The SMILES string of the molecule is C[C@H](C#N)CN(C)C(=O)NC[C@]1(N2CCOCC2)CCSC1. The number of morpholine rings is 1. The normalized spacial score (nSPS) is 27.1. The number of urea groups is 1. The first-order valence-electron chi connectivity index (χ1n) is 7.86. The van der Waals surface area contributed by atoms with Crippen LogP contribution >= 0.6 is 11.8 Å². The van der Waals surface area contributed by atoms with Gasteiger partial charge in [-0.1, -0.05) is 0 Å². The van der Waals surface area contributed by atoms with Crippen LogP contribution in [0.25, 0.3) is 0 Å². The zero-order chi connectivity index (χ0) is 16.0. The first-order chi connectivity index (χ1) is 10.6. The van der Waals surface area contributed by atoms with Gasteiger partial charge >= 0.3 is 6.03 Å². The van der Waals surface area contributed by atoms with Gasteiger partial charge in [-0.25, -0.2) is 4.79 Å². The molecule has 2 amide bonds. The maximum atomic E-state index is 12.2. The molecule has 0 radical (unpaired) electrons. The number of hydrogen-bond donors (Lipinski definition) is 1. The lowest BCUT2D eigenvalue weighted by atomic mass is 9.95. The summed E-state index contributed by atoms with van der Waals surface area (Å²) >= 11 is 1.96. The first-order valence-corrected chi connectivity index (χ1v) is 9.02. The van der Waals surface area contributed by atoms with E-state index >= 15 is 0 Å². The van der Waals surface area contributed by atoms with E-state index in [0.29, 0.717) is 13.1 Å². The molecule has 0 spiro atoms. The van der Waals surface area contributed by atoms with Crippen molar-refractivity contribution in [3.63, 3.8) is 0 Å². The van der Waals surface area contributed by atoms with Gasteiger partial charge in [-0.3, -0.25) is 4.90 Å². The van der Waals surface area contributed by atoms with E-state index in [9.17, 15) is 4.79 Å². The standard InChI is InChI=1S/C15H26N4O2S/c1-13(9-16)10-18(2)14(20)17-11-15(3-8-22-12-15)19-4-6-21-7-5-19/h13H,3-8,10-12H2,1-2H3,(H,17,20)/t13-,15-/m1/s1. The van der Waals surface area contributed by atoms with Crippen molar-refractivity contribution < 1.29 is 9.53 Å². The van der Waals surface area contributed by atoms with Crippen LogP contribution in [0.1, 0.15) is 13.3 Å². The highest BCUT2D eigenvalue weighted by Crippen LogP contribution is 2.33. The van der Waals surface area contributed by atoms with E-state index in [0.717, 1.165) is 44.2 Å². The maximum Gasteiger partial charge on any atom is 0.317 e. The fourth-order valence-electron chi connectivity index (χ4n) is 3.04. The predicted octanol–water partition coefficient (Wildman–Crippen LogP) is 0.995. The molecular weight excluding hydrogens is 300 g/mol. The van der Waals surface area contributed by atoms with E-state index in [1.54, 1.807) is 11.9 Å². The Morgan fingerprint density at radius 3 is 2.86 bits per heavy atom. The summed E-state index contributed by atoms with van der Waals surface area (Å²) in [5, 5.41) is 11.9. The van der Waals surface area contributed by atoms with E-state index < -0.39 is 0 Å². The highest BCUT2D eigenvalue weighted by molar-refractivity contribution is 7.99. The van der Waals surface area contributed by atoms with Crippen molar-refractivity contribution in [1.29, 1.82) is 5.26 Å². The molecule has 22 heavy (non-hydrogen) atoms. The summed E-state index contributed by atoms with van der Waals surface area (Å²) in [6, 6.07) is 2.07. The summed E-state index contributed by atoms with van der Waals surface area (Å²) in [5.41, 5.74) is 0.0613. The fourth-order valence-corrected chi connectivity index (χ4v) is 4.52. The Morgan fingerprint density at radius 2 is 2.27 bits per heavy atom. The average Bonchev–Trinajstić information content (AvgIpc) is 3.03. The lowest BCUT2D eigenvalue weighted by Gasteiger charge is -2.43. The molecule has 124 valence electrons. The summed E-state index contributed by atoms with van der Waals surface area (Å²) in [5.74, 6) is 2.06. The number of rotatable bonds is 5. The van der Waals surface area contributed by atoms with E-state index in [1.165, 1.54) is 0 Å². The number of ether oxygens (including phenoxy) is 1. The molecule has 2 heterocycles. The molecule has 0 unspecified atom stereocenters. The topological polar surface area (TPSA) is 68.6 Å². The number of nitrogens with zero attached hydrogens (tertiary/aromatic N) is 3. The van der Waals surface area contributed by atoms with E-state index in [-0.39, 0.29) is 17.5 Å². The second kappa shape index (κ2) is 8.04. The van der Waals surface area contributed by atoms with Crippen molar-refractivity contribution in [1.82, 2.24) is 15.1 Å². The minimum absolute atomic E-state index is 0.0613. The number of nitriles is 1. The summed E-state index contributed by atoms with van der Waals surface area (Å²) in [4.78, 5) is 16.3. The second-order valence-corrected chi connectivity index (χ2v) is 7.30. The molecule has 2 atom stereocenters. The van der Waals surface area contributed by atoms with Gasteiger partial charge in [0.2, 0.25) is 0 Å². The average molecular weight is 326 g/mol. The number of hydrogen-bond acceptors (Lipinski definition) is 5. The predicted molar refractivity (Wildman–Crippen MR) is 87.9 cm³/mol. The molecule has 1 N–H and O–H groups in total. The monoisotopic (exact) mass is 326 g/mol. The Kier molecular flexibility index (Phi) is 6.36. The highest BCUT2D eigenvalue weighted by atomic mass is 32.2. The summed E-state index contributed by atoms with van der Waals surface area (Å²) < 4.78 is 5.45. The van der Waals surface area contributed by atoms with Gasteiger partial charge in [-0.15, -0.1) is 0 Å². The summed E-state index contributed by atoms with van der Waals surface area (Å²) in [7, 11) is 1.74. The minimum atomic E-state index is -0.147. The van der Waals surface area contributed by atoms with Crippen LogP contribution in [-0.4, -0.2) is 79.3 Å². The van der Waals surface area contributed by atoms with Gasteiger partial charge in [0, 0.05) is 44.5 Å². The van der Waals surface area contributed by atoms with Crippen LogP contribution < -0.4 is 5.32 Å². The van der Waals surface area contributed by atoms with Crippen LogP contribution in [0.4, 0.5) is 4.79 Å². The third-order valence-electron chi connectivity index (χ3n) is 4.45. The van der Waals surface area contributed by atoms with Gasteiger partial charge in [0.15, 0.2) is 0 Å². The summed E-state index contributed by atoms with van der Waals surface area (Å²) in [6.45, 7) is 6.40. The van der Waals surface area contributed by atoms with Crippen molar-refractivity contribution in [3.05, 3.63) is 0 Å². The number of carbonyl (C=O) groups excluding carboxylic acids is 1. The third-order valence-corrected chi connectivity index (χ3v) is 5.68. The first kappa shape index (κ1) is 17.4. The lowest BCUT2D eigenvalue weighted by Crippen LogP contribution is -2.60. The fraction of sp³-hybridized carbons (Fsp3) is 0.867. The molecule has 6 nitrogen and oxygen atoms in total. The molecule has 0 aromatic heterocycles. The van der Waals surface area contributed by atoms with Crippen molar-refractivity contribution in [3.8, 4) is 6.07 Å². The molecule has 0 aromatic carbocycles. The molecular formula is C15H26N4O2S. The maximum absolute atomic E-state index is 12.2. The number of carbonyl (C=O) groups is 1. The van der Waals surface area contributed by atoms with Gasteiger partial charge in [-0.2, -0.15) is 17.0 Å². The van der Waals surface area contributed by atoms with Crippen molar-refractivity contribution in [2.45, 2.75) is 18.9 Å². The molecule has 2 rings (SSSR count). The van der Waals surface area contributed by atoms with Crippen LogP contribution in [0, 0.1) is 17.2 Å². The number of amides is 2. The lowest BCUT2D eigenvalue weighted by molar-refractivity contribution is -0.0127. The van der Waals surface area contributed by atoms with E-state index in [4.69, 9.17) is 10.00 Å². The minimum Gasteiger partial charge on any atom is -0.379 e. The van der Waals surface area contributed by atoms with Crippen LogP contribution in [0.15, 0.2) is 0 Å². The van der Waals surface area contributed by atoms with Gasteiger partial charge in [0.25, 0.3) is 0 Å². The zero-order valence-electron chi connectivity index (χ0n) is 13.5. The van der Waals surface area contributed by atoms with Gasteiger partial charge in [0.05, 0.1) is 25.2 Å². The molecule has 7 heteroatoms. The molecule has 2 aliphatic heterocycles. The van der Waals surface area contributed by atoms with E-state index in [2.05, 4.69) is 16.3 Å². The second-order valence-electron chi connectivity index (χ2n) is 6.20. The highest BCUT2D eigenvalue weighted by Gasteiger charge is 2.41. The molecule has 0 aromatic rings. The Hall–Kier alpha value is -0.970. The van der Waals surface area contributed by atoms with Crippen LogP contribution in [0.2, 0.25) is 0 Å². The van der Waals surface area contributed by atoms with Crippen molar-refractivity contribution >= 4 is 17.8 Å². The Morgan fingerprint density at radius 1 is 1.55 bits per heavy atom. The van der Waals surface area contributed by atoms with Gasteiger partial charge in [-0.05, 0) is 19.1 Å². The third kappa shape index (κ3) is 4.28. The zero-order valence-corrected chi connectivity index (χ0v) is 14.3. The number of nitrogens with one attached hydrogen (secondary N) is 1. The Bertz CT molecular complexity index is 414. The molecule has 2 fully saturated rings.